The van der Waals surface area contributed by atoms with Gasteiger partial charge in [0.2, 0.25) is 0 Å². The van der Waals surface area contributed by atoms with Gasteiger partial charge in [-0.15, -0.1) is 0 Å². The largest absolute Gasteiger partial charge is 0.478 e. The molecule has 0 aromatic heterocycles. The van der Waals surface area contributed by atoms with E-state index in [1.54, 1.807) is 0 Å². The van der Waals surface area contributed by atoms with Gasteiger partial charge >= 0.3 is 11.9 Å². The molecule has 0 spiro atoms. The van der Waals surface area contributed by atoms with E-state index in [9.17, 15) is 40.2 Å². The van der Waals surface area contributed by atoms with E-state index in [0.717, 1.165) is 50.7 Å². The third kappa shape index (κ3) is 27.7. The normalized spacial score (nSPS) is 21.0. The molecule has 10 nitrogen and oxygen atoms in total. The van der Waals surface area contributed by atoms with Gasteiger partial charge in [0.1, 0.15) is 0 Å². The van der Waals surface area contributed by atoms with Crippen molar-refractivity contribution in [1.82, 2.24) is 0 Å². The van der Waals surface area contributed by atoms with Crippen LogP contribution in [0.4, 0.5) is 0 Å². The quantitative estimate of drug-likeness (QED) is 0.113. The summed E-state index contributed by atoms with van der Waals surface area (Å²) in [4.78, 5) is 18.5. The molecule has 3 aliphatic carbocycles. The number of hydrogen-bond acceptors (Lipinski definition) is 8. The highest BCUT2D eigenvalue weighted by Gasteiger charge is 2.29. The highest BCUT2D eigenvalue weighted by molar-refractivity contribution is 5.79. The number of carboxylic acids is 2. The summed E-state index contributed by atoms with van der Waals surface area (Å²) in [6.45, 7) is 6.86. The van der Waals surface area contributed by atoms with Gasteiger partial charge in [-0.05, 0) is 38.5 Å². The maximum absolute atomic E-state index is 9.36. The molecule has 10 heteroatoms. The molecule has 0 aliphatic heterocycles. The molecule has 3 fully saturated rings. The summed E-state index contributed by atoms with van der Waals surface area (Å²) in [6.07, 6.45) is 34.3. The Morgan fingerprint density at radius 3 is 0.558 bits per heavy atom. The predicted octanol–water partition coefficient (Wildman–Crippen LogP) is 7.96. The topological polar surface area (TPSA) is 196 Å². The van der Waals surface area contributed by atoms with Crippen LogP contribution in [0.5, 0.6) is 0 Å². The van der Waals surface area contributed by atoms with Gasteiger partial charge in [0.25, 0.3) is 0 Å². The molecule has 8 N–H and O–H groups in total. The molecule has 308 valence electrons. The lowest BCUT2D eigenvalue weighted by Gasteiger charge is -2.30. The smallest absolute Gasteiger partial charge is 0.327 e. The van der Waals surface area contributed by atoms with Crippen LogP contribution < -0.4 is 0 Å². The summed E-state index contributed by atoms with van der Waals surface area (Å²) in [6, 6.07) is 0. The summed E-state index contributed by atoms with van der Waals surface area (Å²) < 4.78 is 0. The Morgan fingerprint density at radius 1 is 0.346 bits per heavy atom. The predicted molar refractivity (Wildman–Crippen MR) is 210 cm³/mol. The summed E-state index contributed by atoms with van der Waals surface area (Å²) in [5.74, 6) is -1.96. The first-order chi connectivity index (χ1) is 25.0. The zero-order valence-electron chi connectivity index (χ0n) is 32.8. The molecule has 0 aromatic rings. The first-order valence-corrected chi connectivity index (χ1v) is 20.4. The minimum absolute atomic E-state index is 0.156. The summed E-state index contributed by atoms with van der Waals surface area (Å²) >= 11 is 0. The number of carboxylic acid groups (broad SMARTS) is 2. The van der Waals surface area contributed by atoms with E-state index in [1.807, 2.05) is 0 Å². The Bertz CT molecular complexity index is 715. The highest BCUT2D eigenvalue weighted by Crippen LogP contribution is 2.34. The maximum atomic E-state index is 9.36. The Balaban J connectivity index is 0. The lowest BCUT2D eigenvalue weighted by Crippen LogP contribution is -2.30. The van der Waals surface area contributed by atoms with Crippen LogP contribution in [0.1, 0.15) is 173 Å². The van der Waals surface area contributed by atoms with Crippen LogP contribution in [0.15, 0.2) is 25.3 Å². The van der Waals surface area contributed by atoms with Crippen molar-refractivity contribution >= 4 is 11.9 Å². The Morgan fingerprint density at radius 2 is 0.462 bits per heavy atom. The molecule has 52 heavy (non-hydrogen) atoms. The molecule has 0 atom stereocenters. The van der Waals surface area contributed by atoms with Gasteiger partial charge in [-0.25, -0.2) is 9.59 Å². The van der Waals surface area contributed by atoms with Crippen LogP contribution in [-0.4, -0.2) is 92.4 Å². The fourth-order valence-electron chi connectivity index (χ4n) is 7.13. The van der Waals surface area contributed by atoms with Gasteiger partial charge in [-0.3, -0.25) is 0 Å². The highest BCUT2D eigenvalue weighted by atomic mass is 16.4. The molecule has 3 saturated carbocycles. The van der Waals surface area contributed by atoms with Crippen LogP contribution in [0.25, 0.3) is 0 Å². The lowest BCUT2D eigenvalue weighted by molar-refractivity contribution is -0.132. The molecule has 0 amide bonds. The van der Waals surface area contributed by atoms with E-state index < -0.39 is 11.9 Å². The Kier molecular flexibility index (Phi) is 35.1. The third-order valence-electron chi connectivity index (χ3n) is 11.1. The Hall–Kier alpha value is -1.82. The average molecular weight is 745 g/mol. The molecule has 0 unspecified atom stereocenters. The van der Waals surface area contributed by atoms with E-state index in [4.69, 9.17) is 10.2 Å². The van der Waals surface area contributed by atoms with Crippen molar-refractivity contribution < 1.29 is 50.4 Å². The minimum Gasteiger partial charge on any atom is -0.478 e. The summed E-state index contributed by atoms with van der Waals surface area (Å²) in [7, 11) is 0. The monoisotopic (exact) mass is 745 g/mol. The standard InChI is InChI=1S/3C12H24O2.2C3H4O2/c3*13-10-12(11-14)8-6-4-2-1-3-5-7-9-12;2*1-2-3(4)5/h3*13-14H,1-11H2;2*2H,1H2,(H,4,5). The van der Waals surface area contributed by atoms with Crippen molar-refractivity contribution in [3.05, 3.63) is 25.3 Å². The molecule has 0 aromatic carbocycles. The van der Waals surface area contributed by atoms with Crippen LogP contribution in [-0.2, 0) is 9.59 Å². The number of aliphatic hydroxyl groups is 6. The van der Waals surface area contributed by atoms with Crippen molar-refractivity contribution in [2.75, 3.05) is 39.6 Å². The molecule has 0 bridgehead atoms. The molecule has 3 aliphatic rings. The first-order valence-electron chi connectivity index (χ1n) is 20.4. The molecule has 0 heterocycles. The number of hydrogen-bond donors (Lipinski definition) is 8. The van der Waals surface area contributed by atoms with E-state index in [1.165, 1.54) is 135 Å². The summed E-state index contributed by atoms with van der Waals surface area (Å²) in [5, 5.41) is 71.4. The maximum Gasteiger partial charge on any atom is 0.327 e. The van der Waals surface area contributed by atoms with Crippen molar-refractivity contribution in [2.45, 2.75) is 173 Å². The fraction of sp³-hybridized carbons (Fsp3) is 0.857. The average Bonchev–Trinajstić information content (AvgIpc) is 3.18. The molecular weight excluding hydrogens is 664 g/mol. The van der Waals surface area contributed by atoms with E-state index in [0.29, 0.717) is 0 Å². The van der Waals surface area contributed by atoms with E-state index in [2.05, 4.69) is 13.2 Å². The van der Waals surface area contributed by atoms with Gasteiger partial charge in [0.15, 0.2) is 0 Å². The zero-order valence-corrected chi connectivity index (χ0v) is 32.8. The number of aliphatic carboxylic acids is 2. The molecule has 3 rings (SSSR count). The van der Waals surface area contributed by atoms with Gasteiger partial charge in [0.05, 0.1) is 39.6 Å². The molecular formula is C42H80O10. The number of aliphatic hydroxyl groups excluding tert-OH is 6. The second kappa shape index (κ2) is 34.9. The van der Waals surface area contributed by atoms with Crippen LogP contribution in [0.2, 0.25) is 0 Å². The van der Waals surface area contributed by atoms with Gasteiger partial charge in [0, 0.05) is 28.4 Å². The van der Waals surface area contributed by atoms with Crippen LogP contribution >= 0.6 is 0 Å². The van der Waals surface area contributed by atoms with E-state index in [-0.39, 0.29) is 55.9 Å². The SMILES string of the molecule is C=CC(=O)O.C=CC(=O)O.OCC1(CO)CCCCCCCCC1.OCC1(CO)CCCCCCCCC1.OCC1(CO)CCCCCCCCC1. The second-order valence-electron chi connectivity index (χ2n) is 15.5. The molecule has 0 radical (unpaired) electrons. The van der Waals surface area contributed by atoms with Crippen LogP contribution in [0, 0.1) is 16.2 Å². The van der Waals surface area contributed by atoms with Crippen molar-refractivity contribution in [3.63, 3.8) is 0 Å². The van der Waals surface area contributed by atoms with Crippen molar-refractivity contribution in [1.29, 1.82) is 0 Å². The van der Waals surface area contributed by atoms with E-state index >= 15 is 0 Å². The molecule has 0 saturated heterocycles. The van der Waals surface area contributed by atoms with Crippen molar-refractivity contribution in [3.8, 4) is 0 Å². The van der Waals surface area contributed by atoms with Crippen LogP contribution in [0.3, 0.4) is 0 Å². The fourth-order valence-corrected chi connectivity index (χ4v) is 7.13. The van der Waals surface area contributed by atoms with Crippen molar-refractivity contribution in [2.24, 2.45) is 16.2 Å². The van der Waals surface area contributed by atoms with Gasteiger partial charge in [-0.1, -0.05) is 148 Å². The first kappa shape index (κ1) is 52.3. The third-order valence-corrected chi connectivity index (χ3v) is 11.1. The summed E-state index contributed by atoms with van der Waals surface area (Å²) in [5.41, 5.74) is -0.508. The number of rotatable bonds is 8. The second-order valence-corrected chi connectivity index (χ2v) is 15.5. The van der Waals surface area contributed by atoms with Gasteiger partial charge in [-0.2, -0.15) is 0 Å². The lowest BCUT2D eigenvalue weighted by atomic mass is 9.78. The minimum atomic E-state index is -0.981. The number of carbonyl (C=O) groups is 2. The van der Waals surface area contributed by atoms with Gasteiger partial charge < -0.3 is 40.9 Å². The Labute approximate surface area is 316 Å². The zero-order chi connectivity index (χ0) is 39.4.